The van der Waals surface area contributed by atoms with Crippen LogP contribution in [-0.4, -0.2) is 14.8 Å². The molecule has 20 heavy (non-hydrogen) atoms. The first-order chi connectivity index (χ1) is 9.79. The molecule has 102 valence electrons. The van der Waals surface area contributed by atoms with E-state index in [1.807, 2.05) is 18.2 Å². The Hall–Kier alpha value is -1.72. The van der Waals surface area contributed by atoms with Gasteiger partial charge in [-0.3, -0.25) is 9.67 Å². The first-order valence-electron chi connectivity index (χ1n) is 6.55. The molecule has 0 radical (unpaired) electrons. The number of thiophene rings is 1. The summed E-state index contributed by atoms with van der Waals surface area (Å²) in [5.74, 6) is 0.894. The van der Waals surface area contributed by atoms with Gasteiger partial charge < -0.3 is 0 Å². The molecule has 0 fully saturated rings. The van der Waals surface area contributed by atoms with E-state index in [4.69, 9.17) is 12.2 Å². The monoisotopic (exact) mass is 301 g/mol. The van der Waals surface area contributed by atoms with Gasteiger partial charge in [0.05, 0.1) is 6.54 Å². The van der Waals surface area contributed by atoms with Crippen LogP contribution in [0.1, 0.15) is 17.4 Å². The highest BCUT2D eigenvalue weighted by molar-refractivity contribution is 7.71. The molecule has 1 N–H and O–H groups in total. The number of aromatic nitrogens is 3. The fourth-order valence-electron chi connectivity index (χ4n) is 2.24. The molecule has 1 aromatic carbocycles. The molecule has 3 rings (SSSR count). The Morgan fingerprint density at radius 1 is 1.25 bits per heavy atom. The number of aromatic amines is 1. The van der Waals surface area contributed by atoms with Crippen LogP contribution in [0.2, 0.25) is 0 Å². The minimum atomic E-state index is 0.666. The Morgan fingerprint density at radius 2 is 2.05 bits per heavy atom. The van der Waals surface area contributed by atoms with E-state index >= 15 is 0 Å². The van der Waals surface area contributed by atoms with Crippen LogP contribution in [0.4, 0.5) is 0 Å². The first kappa shape index (κ1) is 13.3. The molecular weight excluding hydrogens is 286 g/mol. The minimum absolute atomic E-state index is 0.666. The van der Waals surface area contributed by atoms with Crippen molar-refractivity contribution in [2.45, 2.75) is 19.9 Å². The lowest BCUT2D eigenvalue weighted by atomic mass is 10.2. The van der Waals surface area contributed by atoms with Gasteiger partial charge in [-0.25, -0.2) is 0 Å². The Morgan fingerprint density at radius 3 is 2.80 bits per heavy atom. The zero-order valence-electron chi connectivity index (χ0n) is 11.2. The number of hydrogen-bond acceptors (Lipinski definition) is 3. The van der Waals surface area contributed by atoms with Crippen LogP contribution in [0.3, 0.4) is 0 Å². The van der Waals surface area contributed by atoms with Gasteiger partial charge in [-0.15, -0.1) is 11.3 Å². The highest BCUT2D eigenvalue weighted by Crippen LogP contribution is 2.22. The van der Waals surface area contributed by atoms with E-state index in [9.17, 15) is 0 Å². The number of H-pyrrole nitrogens is 1. The van der Waals surface area contributed by atoms with Crippen molar-refractivity contribution >= 4 is 23.6 Å². The van der Waals surface area contributed by atoms with Gasteiger partial charge in [-0.1, -0.05) is 37.3 Å². The molecule has 2 aromatic heterocycles. The van der Waals surface area contributed by atoms with Gasteiger partial charge in [-0.05, 0) is 35.6 Å². The third-order valence-electron chi connectivity index (χ3n) is 3.31. The molecular formula is C15H15N3S2. The van der Waals surface area contributed by atoms with Crippen molar-refractivity contribution < 1.29 is 0 Å². The zero-order valence-corrected chi connectivity index (χ0v) is 12.8. The van der Waals surface area contributed by atoms with Crippen LogP contribution in [0, 0.1) is 4.77 Å². The molecule has 0 amide bonds. The lowest BCUT2D eigenvalue weighted by Gasteiger charge is -2.07. The average Bonchev–Trinajstić information content (AvgIpc) is 3.08. The van der Waals surface area contributed by atoms with Crippen LogP contribution < -0.4 is 0 Å². The van der Waals surface area contributed by atoms with Crippen molar-refractivity contribution in [1.82, 2.24) is 14.8 Å². The van der Waals surface area contributed by atoms with E-state index in [0.29, 0.717) is 4.77 Å². The summed E-state index contributed by atoms with van der Waals surface area (Å²) in [6, 6.07) is 12.3. The van der Waals surface area contributed by atoms with Gasteiger partial charge >= 0.3 is 0 Å². The standard InChI is InChI=1S/C15H15N3S2/c1-2-11-8-9-20-13(11)10-18-14(16-17-15(18)19)12-6-4-3-5-7-12/h3-9H,2,10H2,1H3,(H,17,19). The Labute approximate surface area is 126 Å². The molecule has 0 saturated heterocycles. The highest BCUT2D eigenvalue weighted by Gasteiger charge is 2.11. The van der Waals surface area contributed by atoms with E-state index < -0.39 is 0 Å². The summed E-state index contributed by atoms with van der Waals surface area (Å²) in [7, 11) is 0. The normalized spacial score (nSPS) is 10.8. The third-order valence-corrected chi connectivity index (χ3v) is 4.57. The fraction of sp³-hybridized carbons (Fsp3) is 0.200. The van der Waals surface area contributed by atoms with Gasteiger partial charge in [-0.2, -0.15) is 5.10 Å². The van der Waals surface area contributed by atoms with Crippen molar-refractivity contribution in [2.24, 2.45) is 0 Å². The van der Waals surface area contributed by atoms with Crippen molar-refractivity contribution in [1.29, 1.82) is 0 Å². The number of hydrogen-bond donors (Lipinski definition) is 1. The van der Waals surface area contributed by atoms with E-state index in [2.05, 4.69) is 45.3 Å². The molecule has 0 bridgehead atoms. The van der Waals surface area contributed by atoms with E-state index in [1.54, 1.807) is 11.3 Å². The molecule has 0 spiro atoms. The Bertz CT molecular complexity index is 753. The van der Waals surface area contributed by atoms with Gasteiger partial charge in [0.1, 0.15) is 0 Å². The van der Waals surface area contributed by atoms with Crippen LogP contribution in [0.25, 0.3) is 11.4 Å². The fourth-order valence-corrected chi connectivity index (χ4v) is 3.40. The van der Waals surface area contributed by atoms with Crippen molar-refractivity contribution in [3.8, 4) is 11.4 Å². The summed E-state index contributed by atoms with van der Waals surface area (Å²) < 4.78 is 2.73. The van der Waals surface area contributed by atoms with Gasteiger partial charge in [0.25, 0.3) is 0 Å². The average molecular weight is 301 g/mol. The van der Waals surface area contributed by atoms with Gasteiger partial charge in [0, 0.05) is 10.4 Å². The molecule has 5 heteroatoms. The molecule has 0 aliphatic rings. The number of nitrogens with one attached hydrogen (secondary N) is 1. The summed E-state index contributed by atoms with van der Waals surface area (Å²) in [5.41, 5.74) is 2.46. The second-order valence-corrected chi connectivity index (χ2v) is 5.91. The third kappa shape index (κ3) is 2.46. The molecule has 3 aromatic rings. The van der Waals surface area contributed by atoms with Crippen molar-refractivity contribution in [2.75, 3.05) is 0 Å². The maximum atomic E-state index is 5.37. The molecule has 2 heterocycles. The van der Waals surface area contributed by atoms with Crippen molar-refractivity contribution in [3.05, 3.63) is 57.0 Å². The molecule has 0 atom stereocenters. The smallest absolute Gasteiger partial charge is 0.195 e. The maximum absolute atomic E-state index is 5.37. The SMILES string of the molecule is CCc1ccsc1Cn1c(-c2ccccc2)n[nH]c1=S. The highest BCUT2D eigenvalue weighted by atomic mass is 32.1. The maximum Gasteiger partial charge on any atom is 0.195 e. The van der Waals surface area contributed by atoms with E-state index in [1.165, 1.54) is 10.4 Å². The Balaban J connectivity index is 2.02. The van der Waals surface area contributed by atoms with Gasteiger partial charge in [0.15, 0.2) is 10.6 Å². The van der Waals surface area contributed by atoms with Crippen LogP contribution in [0.5, 0.6) is 0 Å². The number of nitrogens with zero attached hydrogens (tertiary/aromatic N) is 2. The quantitative estimate of drug-likeness (QED) is 0.730. The van der Waals surface area contributed by atoms with Crippen molar-refractivity contribution in [3.63, 3.8) is 0 Å². The second-order valence-electron chi connectivity index (χ2n) is 4.53. The van der Waals surface area contributed by atoms with Crippen LogP contribution in [-0.2, 0) is 13.0 Å². The predicted molar refractivity (Wildman–Crippen MR) is 85.6 cm³/mol. The minimum Gasteiger partial charge on any atom is -0.295 e. The lowest BCUT2D eigenvalue weighted by Crippen LogP contribution is -2.02. The first-order valence-corrected chi connectivity index (χ1v) is 7.84. The summed E-state index contributed by atoms with van der Waals surface area (Å²) in [6.07, 6.45) is 1.05. The van der Waals surface area contributed by atoms with Crippen LogP contribution in [0.15, 0.2) is 41.8 Å². The number of benzene rings is 1. The molecule has 0 aliphatic carbocycles. The topological polar surface area (TPSA) is 33.6 Å². The van der Waals surface area contributed by atoms with Crippen LogP contribution >= 0.6 is 23.6 Å². The second kappa shape index (κ2) is 5.73. The molecule has 0 unspecified atom stereocenters. The molecule has 0 saturated carbocycles. The summed E-state index contributed by atoms with van der Waals surface area (Å²) in [4.78, 5) is 1.35. The molecule has 0 aliphatic heterocycles. The summed E-state index contributed by atoms with van der Waals surface area (Å²) >= 11 is 7.15. The summed E-state index contributed by atoms with van der Waals surface area (Å²) in [6.45, 7) is 2.96. The lowest BCUT2D eigenvalue weighted by molar-refractivity contribution is 0.794. The van der Waals surface area contributed by atoms with E-state index in [-0.39, 0.29) is 0 Å². The Kier molecular flexibility index (Phi) is 3.80. The zero-order chi connectivity index (χ0) is 13.9. The van der Waals surface area contributed by atoms with Gasteiger partial charge in [0.2, 0.25) is 0 Å². The molecule has 3 nitrogen and oxygen atoms in total. The predicted octanol–water partition coefficient (Wildman–Crippen LogP) is 4.28. The number of rotatable bonds is 4. The summed E-state index contributed by atoms with van der Waals surface area (Å²) in [5, 5.41) is 9.42. The van der Waals surface area contributed by atoms with E-state index in [0.717, 1.165) is 24.4 Å². The largest absolute Gasteiger partial charge is 0.295 e. The number of aryl methyl sites for hydroxylation is 1.